The van der Waals surface area contributed by atoms with Crippen LogP contribution in [0.4, 0.5) is 0 Å². The number of aliphatic hydroxyl groups is 1. The number of rotatable bonds is 7. The van der Waals surface area contributed by atoms with Gasteiger partial charge in [-0.2, -0.15) is 0 Å². The first-order chi connectivity index (χ1) is 9.31. The molecule has 0 saturated heterocycles. The van der Waals surface area contributed by atoms with Crippen LogP contribution in [0.25, 0.3) is 0 Å². The van der Waals surface area contributed by atoms with Crippen molar-refractivity contribution in [1.29, 1.82) is 0 Å². The van der Waals surface area contributed by atoms with Crippen LogP contribution in [-0.2, 0) is 0 Å². The minimum Gasteiger partial charge on any atom is -0.491 e. The molecule has 1 N–H and O–H groups in total. The Morgan fingerprint density at radius 3 is 2.63 bits per heavy atom. The lowest BCUT2D eigenvalue weighted by Crippen LogP contribution is -2.38. The predicted molar refractivity (Wildman–Crippen MR) is 77.9 cm³/mol. The summed E-state index contributed by atoms with van der Waals surface area (Å²) in [5.41, 5.74) is 0. The molecule has 2 rings (SSSR count). The predicted octanol–water partition coefficient (Wildman–Crippen LogP) is 2.96. The monoisotopic (exact) mass is 283 g/mol. The van der Waals surface area contributed by atoms with E-state index in [1.54, 1.807) is 0 Å². The molecule has 1 aromatic carbocycles. The first-order valence-corrected chi connectivity index (χ1v) is 7.41. The molecular weight excluding hydrogens is 262 g/mol. The van der Waals surface area contributed by atoms with Gasteiger partial charge in [0.25, 0.3) is 0 Å². The second kappa shape index (κ2) is 7.73. The average Bonchev–Trinajstić information content (AvgIpc) is 2.94. The van der Waals surface area contributed by atoms with Gasteiger partial charge in [0, 0.05) is 19.1 Å². The molecule has 19 heavy (non-hydrogen) atoms. The van der Waals surface area contributed by atoms with E-state index in [9.17, 15) is 0 Å². The SMILES string of the molecule is OCCN(CCOc1ccccc1Cl)C1CCCC1. The van der Waals surface area contributed by atoms with Crippen LogP contribution in [0, 0.1) is 0 Å². The molecule has 3 nitrogen and oxygen atoms in total. The smallest absolute Gasteiger partial charge is 0.137 e. The summed E-state index contributed by atoms with van der Waals surface area (Å²) in [6.07, 6.45) is 5.09. The lowest BCUT2D eigenvalue weighted by atomic mass is 10.2. The van der Waals surface area contributed by atoms with Gasteiger partial charge in [0.15, 0.2) is 0 Å². The van der Waals surface area contributed by atoms with E-state index in [-0.39, 0.29) is 6.61 Å². The van der Waals surface area contributed by atoms with E-state index in [2.05, 4.69) is 4.90 Å². The maximum atomic E-state index is 9.15. The fourth-order valence-corrected chi connectivity index (χ4v) is 2.90. The Hall–Kier alpha value is -0.770. The van der Waals surface area contributed by atoms with Gasteiger partial charge in [0.1, 0.15) is 12.4 Å². The Bertz CT molecular complexity index is 380. The highest BCUT2D eigenvalue weighted by Gasteiger charge is 2.21. The summed E-state index contributed by atoms with van der Waals surface area (Å²) in [6, 6.07) is 8.14. The molecule has 0 amide bonds. The van der Waals surface area contributed by atoms with Gasteiger partial charge in [0.05, 0.1) is 11.6 Å². The summed E-state index contributed by atoms with van der Waals surface area (Å²) in [5, 5.41) is 9.80. The molecule has 106 valence electrons. The third-order valence-electron chi connectivity index (χ3n) is 3.70. The van der Waals surface area contributed by atoms with Gasteiger partial charge >= 0.3 is 0 Å². The normalized spacial score (nSPS) is 16.2. The van der Waals surface area contributed by atoms with Crippen LogP contribution < -0.4 is 4.74 Å². The van der Waals surface area contributed by atoms with E-state index in [4.69, 9.17) is 21.4 Å². The molecular formula is C15H22ClNO2. The minimum atomic E-state index is 0.211. The van der Waals surface area contributed by atoms with Crippen molar-refractivity contribution in [3.63, 3.8) is 0 Å². The molecule has 0 aliphatic heterocycles. The van der Waals surface area contributed by atoms with Crippen LogP contribution in [0.5, 0.6) is 5.75 Å². The first kappa shape index (κ1) is 14.6. The summed E-state index contributed by atoms with van der Waals surface area (Å²) < 4.78 is 5.72. The standard InChI is InChI=1S/C15H22ClNO2/c16-14-7-3-4-8-15(14)19-12-10-17(9-11-18)13-5-1-2-6-13/h3-4,7-8,13,18H,1-2,5-6,9-12H2. The number of para-hydroxylation sites is 1. The molecule has 1 saturated carbocycles. The summed E-state index contributed by atoms with van der Waals surface area (Å²) in [5.74, 6) is 0.736. The molecule has 1 fully saturated rings. The van der Waals surface area contributed by atoms with Crippen LogP contribution >= 0.6 is 11.6 Å². The van der Waals surface area contributed by atoms with Crippen molar-refractivity contribution in [3.8, 4) is 5.75 Å². The van der Waals surface area contributed by atoms with Crippen LogP contribution in [0.1, 0.15) is 25.7 Å². The topological polar surface area (TPSA) is 32.7 Å². The molecule has 0 atom stereocenters. The fourth-order valence-electron chi connectivity index (χ4n) is 2.71. The summed E-state index contributed by atoms with van der Waals surface area (Å²) in [4.78, 5) is 2.34. The van der Waals surface area contributed by atoms with Crippen LogP contribution in [0.3, 0.4) is 0 Å². The first-order valence-electron chi connectivity index (χ1n) is 7.03. The molecule has 0 aromatic heterocycles. The van der Waals surface area contributed by atoms with Crippen molar-refractivity contribution in [2.75, 3.05) is 26.3 Å². The zero-order chi connectivity index (χ0) is 13.5. The largest absolute Gasteiger partial charge is 0.491 e. The Kier molecular flexibility index (Phi) is 5.95. The maximum Gasteiger partial charge on any atom is 0.137 e. The molecule has 1 aromatic rings. The Labute approximate surface area is 120 Å². The number of hydrogen-bond acceptors (Lipinski definition) is 3. The van der Waals surface area contributed by atoms with Crippen LogP contribution in [0.15, 0.2) is 24.3 Å². The molecule has 0 unspecified atom stereocenters. The van der Waals surface area contributed by atoms with Gasteiger partial charge in [0.2, 0.25) is 0 Å². The van der Waals surface area contributed by atoms with Crippen molar-refractivity contribution >= 4 is 11.6 Å². The number of nitrogens with zero attached hydrogens (tertiary/aromatic N) is 1. The third kappa shape index (κ3) is 4.37. The molecule has 4 heteroatoms. The van der Waals surface area contributed by atoms with Gasteiger partial charge in [-0.3, -0.25) is 4.90 Å². The average molecular weight is 284 g/mol. The van der Waals surface area contributed by atoms with E-state index in [0.717, 1.165) is 18.8 Å². The minimum absolute atomic E-state index is 0.211. The van der Waals surface area contributed by atoms with Crippen molar-refractivity contribution in [2.45, 2.75) is 31.7 Å². The number of aliphatic hydroxyl groups excluding tert-OH is 1. The van der Waals surface area contributed by atoms with E-state index in [0.29, 0.717) is 17.7 Å². The molecule has 1 aliphatic rings. The second-order valence-corrected chi connectivity index (χ2v) is 5.38. The van der Waals surface area contributed by atoms with Gasteiger partial charge in [-0.25, -0.2) is 0 Å². The Morgan fingerprint density at radius 2 is 1.95 bits per heavy atom. The number of hydrogen-bond donors (Lipinski definition) is 1. The highest BCUT2D eigenvalue weighted by molar-refractivity contribution is 6.32. The van der Waals surface area contributed by atoms with Gasteiger partial charge in [-0.15, -0.1) is 0 Å². The van der Waals surface area contributed by atoms with E-state index in [1.165, 1.54) is 25.7 Å². The van der Waals surface area contributed by atoms with E-state index in [1.807, 2.05) is 24.3 Å². The zero-order valence-electron chi connectivity index (χ0n) is 11.2. The number of halogens is 1. The van der Waals surface area contributed by atoms with Gasteiger partial charge in [-0.1, -0.05) is 36.6 Å². The van der Waals surface area contributed by atoms with Crippen molar-refractivity contribution in [2.24, 2.45) is 0 Å². The lowest BCUT2D eigenvalue weighted by molar-refractivity contribution is 0.129. The third-order valence-corrected chi connectivity index (χ3v) is 4.01. The van der Waals surface area contributed by atoms with Crippen molar-refractivity contribution in [3.05, 3.63) is 29.3 Å². The Morgan fingerprint density at radius 1 is 1.21 bits per heavy atom. The van der Waals surface area contributed by atoms with Gasteiger partial charge < -0.3 is 9.84 Å². The molecule has 0 heterocycles. The van der Waals surface area contributed by atoms with E-state index >= 15 is 0 Å². The fraction of sp³-hybridized carbons (Fsp3) is 0.600. The number of ether oxygens (including phenoxy) is 1. The second-order valence-electron chi connectivity index (χ2n) is 4.98. The number of benzene rings is 1. The summed E-state index contributed by atoms with van der Waals surface area (Å²) >= 11 is 6.05. The zero-order valence-corrected chi connectivity index (χ0v) is 12.0. The van der Waals surface area contributed by atoms with Crippen molar-refractivity contribution in [1.82, 2.24) is 4.90 Å². The molecule has 0 spiro atoms. The molecule has 0 bridgehead atoms. The summed E-state index contributed by atoms with van der Waals surface area (Å²) in [7, 11) is 0. The highest BCUT2D eigenvalue weighted by Crippen LogP contribution is 2.24. The van der Waals surface area contributed by atoms with Crippen molar-refractivity contribution < 1.29 is 9.84 Å². The van der Waals surface area contributed by atoms with Gasteiger partial charge in [-0.05, 0) is 25.0 Å². The van der Waals surface area contributed by atoms with E-state index < -0.39 is 0 Å². The maximum absolute atomic E-state index is 9.15. The molecule has 1 aliphatic carbocycles. The lowest BCUT2D eigenvalue weighted by Gasteiger charge is -2.27. The van der Waals surface area contributed by atoms with Crippen LogP contribution in [0.2, 0.25) is 5.02 Å². The highest BCUT2D eigenvalue weighted by atomic mass is 35.5. The summed E-state index contributed by atoms with van der Waals surface area (Å²) in [6.45, 7) is 2.40. The Balaban J connectivity index is 1.80. The molecule has 0 radical (unpaired) electrons. The van der Waals surface area contributed by atoms with Crippen LogP contribution in [-0.4, -0.2) is 42.4 Å². The quantitative estimate of drug-likeness (QED) is 0.835.